The highest BCUT2D eigenvalue weighted by Crippen LogP contribution is 2.26. The number of benzene rings is 1. The van der Waals surface area contributed by atoms with Crippen LogP contribution in [0, 0.1) is 0 Å². The molecule has 1 aromatic carbocycles. The van der Waals surface area contributed by atoms with Crippen LogP contribution in [0.2, 0.25) is 0 Å². The minimum atomic E-state index is 0.510. The van der Waals surface area contributed by atoms with E-state index in [0.717, 1.165) is 21.3 Å². The van der Waals surface area contributed by atoms with Crippen molar-refractivity contribution in [1.82, 2.24) is 19.7 Å². The highest BCUT2D eigenvalue weighted by atomic mass is 79.9. The Kier molecular flexibility index (Phi) is 2.71. The molecular formula is C12H9BrN4O. The summed E-state index contributed by atoms with van der Waals surface area (Å²) in [4.78, 5) is 8.30. The van der Waals surface area contributed by atoms with Crippen molar-refractivity contribution >= 4 is 27.0 Å². The van der Waals surface area contributed by atoms with Gasteiger partial charge in [0.1, 0.15) is 17.5 Å². The van der Waals surface area contributed by atoms with Gasteiger partial charge in [0.05, 0.1) is 6.20 Å². The molecule has 2 aromatic heterocycles. The predicted octanol–water partition coefficient (Wildman–Crippen LogP) is 2.92. The molecule has 0 aliphatic rings. The van der Waals surface area contributed by atoms with Crippen LogP contribution in [0.1, 0.15) is 0 Å². The molecule has 0 fully saturated rings. The third kappa shape index (κ3) is 1.95. The predicted molar refractivity (Wildman–Crippen MR) is 70.5 cm³/mol. The Morgan fingerprint density at radius 3 is 2.72 bits per heavy atom. The van der Waals surface area contributed by atoms with Crippen LogP contribution in [0.25, 0.3) is 11.0 Å². The van der Waals surface area contributed by atoms with Crippen LogP contribution < -0.4 is 4.74 Å². The van der Waals surface area contributed by atoms with Gasteiger partial charge in [-0.3, -0.25) is 4.68 Å². The van der Waals surface area contributed by atoms with Crippen LogP contribution in [0.5, 0.6) is 11.6 Å². The molecule has 5 nitrogen and oxygen atoms in total. The summed E-state index contributed by atoms with van der Waals surface area (Å²) in [6.07, 6.45) is 3.17. The zero-order chi connectivity index (χ0) is 12.5. The molecule has 0 saturated heterocycles. The second-order valence-corrected chi connectivity index (χ2v) is 4.66. The van der Waals surface area contributed by atoms with Gasteiger partial charge in [-0.1, -0.05) is 15.9 Å². The fourth-order valence-electron chi connectivity index (χ4n) is 1.64. The Morgan fingerprint density at radius 2 is 1.94 bits per heavy atom. The topological polar surface area (TPSA) is 52.8 Å². The van der Waals surface area contributed by atoms with Crippen LogP contribution in [0.3, 0.4) is 0 Å². The molecule has 0 N–H and O–H groups in total. The molecule has 0 radical (unpaired) electrons. The van der Waals surface area contributed by atoms with E-state index >= 15 is 0 Å². The van der Waals surface area contributed by atoms with E-state index < -0.39 is 0 Å². The zero-order valence-electron chi connectivity index (χ0n) is 9.54. The van der Waals surface area contributed by atoms with Gasteiger partial charge in [0.25, 0.3) is 0 Å². The number of hydrogen-bond donors (Lipinski definition) is 0. The second kappa shape index (κ2) is 4.38. The number of rotatable bonds is 2. The molecule has 6 heteroatoms. The van der Waals surface area contributed by atoms with Gasteiger partial charge >= 0.3 is 0 Å². The van der Waals surface area contributed by atoms with Crippen molar-refractivity contribution in [2.45, 2.75) is 0 Å². The number of fused-ring (bicyclic) bond motifs is 1. The van der Waals surface area contributed by atoms with Crippen molar-refractivity contribution in [1.29, 1.82) is 0 Å². The van der Waals surface area contributed by atoms with Gasteiger partial charge < -0.3 is 4.74 Å². The van der Waals surface area contributed by atoms with Crippen molar-refractivity contribution in [3.8, 4) is 11.6 Å². The van der Waals surface area contributed by atoms with Gasteiger partial charge in [-0.05, 0) is 24.3 Å². The number of halogens is 1. The van der Waals surface area contributed by atoms with Crippen LogP contribution in [-0.4, -0.2) is 19.7 Å². The van der Waals surface area contributed by atoms with E-state index in [2.05, 4.69) is 31.0 Å². The molecule has 0 amide bonds. The lowest BCUT2D eigenvalue weighted by Crippen LogP contribution is -1.94. The number of nitrogens with zero attached hydrogens (tertiary/aromatic N) is 4. The molecule has 0 spiro atoms. The summed E-state index contributed by atoms with van der Waals surface area (Å²) in [5.41, 5.74) is 0.747. The fourth-order valence-corrected chi connectivity index (χ4v) is 1.90. The smallest absolute Gasteiger partial charge is 0.233 e. The largest absolute Gasteiger partial charge is 0.438 e. The van der Waals surface area contributed by atoms with E-state index in [1.165, 1.54) is 6.33 Å². The quantitative estimate of drug-likeness (QED) is 0.730. The molecule has 0 bridgehead atoms. The van der Waals surface area contributed by atoms with E-state index in [1.54, 1.807) is 10.9 Å². The molecule has 0 atom stereocenters. The summed E-state index contributed by atoms with van der Waals surface area (Å²) < 4.78 is 8.42. The third-order valence-electron chi connectivity index (χ3n) is 2.52. The number of hydrogen-bond acceptors (Lipinski definition) is 4. The van der Waals surface area contributed by atoms with Gasteiger partial charge in [0, 0.05) is 11.5 Å². The molecule has 0 aliphatic heterocycles. The summed E-state index contributed by atoms with van der Waals surface area (Å²) in [7, 11) is 1.83. The van der Waals surface area contributed by atoms with Crippen LogP contribution in [0.4, 0.5) is 0 Å². The van der Waals surface area contributed by atoms with Crippen LogP contribution in [0.15, 0.2) is 41.3 Å². The van der Waals surface area contributed by atoms with E-state index in [-0.39, 0.29) is 0 Å². The fraction of sp³-hybridized carbons (Fsp3) is 0.0833. The number of ether oxygens (including phenoxy) is 1. The SMILES string of the molecule is Cn1ncc2c(Oc3ccc(Br)cc3)ncnc21. The average Bonchev–Trinajstić information content (AvgIpc) is 2.76. The minimum absolute atomic E-state index is 0.510. The van der Waals surface area contributed by atoms with Gasteiger partial charge in [-0.15, -0.1) is 0 Å². The minimum Gasteiger partial charge on any atom is -0.438 e. The molecule has 0 saturated carbocycles. The second-order valence-electron chi connectivity index (χ2n) is 3.74. The summed E-state index contributed by atoms with van der Waals surface area (Å²) in [6, 6.07) is 7.57. The summed E-state index contributed by atoms with van der Waals surface area (Å²) in [5.74, 6) is 1.23. The van der Waals surface area contributed by atoms with Crippen LogP contribution in [-0.2, 0) is 7.05 Å². The highest BCUT2D eigenvalue weighted by Gasteiger charge is 2.09. The first-order chi connectivity index (χ1) is 8.74. The molecule has 0 unspecified atom stereocenters. The lowest BCUT2D eigenvalue weighted by Gasteiger charge is -2.05. The van der Waals surface area contributed by atoms with E-state index in [1.807, 2.05) is 31.3 Å². The maximum Gasteiger partial charge on any atom is 0.233 e. The number of aromatic nitrogens is 4. The Labute approximate surface area is 112 Å². The summed E-state index contributed by atoms with van der Waals surface area (Å²) >= 11 is 3.38. The van der Waals surface area contributed by atoms with Crippen LogP contribution >= 0.6 is 15.9 Å². The molecule has 0 aliphatic carbocycles. The van der Waals surface area contributed by atoms with E-state index in [9.17, 15) is 0 Å². The first-order valence-corrected chi connectivity index (χ1v) is 6.09. The summed E-state index contributed by atoms with van der Waals surface area (Å²) in [6.45, 7) is 0. The standard InChI is InChI=1S/C12H9BrN4O/c1-17-11-10(6-16-17)12(15-7-14-11)18-9-4-2-8(13)3-5-9/h2-7H,1H3. The Bertz CT molecular complexity index is 693. The lowest BCUT2D eigenvalue weighted by molar-refractivity contribution is 0.468. The summed E-state index contributed by atoms with van der Waals surface area (Å²) in [5, 5.41) is 4.93. The van der Waals surface area contributed by atoms with Crippen molar-refractivity contribution in [3.05, 3.63) is 41.3 Å². The molecule has 90 valence electrons. The monoisotopic (exact) mass is 304 g/mol. The Hall–Kier alpha value is -1.95. The average molecular weight is 305 g/mol. The third-order valence-corrected chi connectivity index (χ3v) is 3.05. The maximum atomic E-state index is 5.73. The maximum absolute atomic E-state index is 5.73. The van der Waals surface area contributed by atoms with E-state index in [4.69, 9.17) is 4.74 Å². The Balaban J connectivity index is 2.02. The van der Waals surface area contributed by atoms with Crippen molar-refractivity contribution < 1.29 is 4.74 Å². The molecular weight excluding hydrogens is 296 g/mol. The van der Waals surface area contributed by atoms with Gasteiger partial charge in [0.15, 0.2) is 5.65 Å². The first-order valence-electron chi connectivity index (χ1n) is 5.30. The van der Waals surface area contributed by atoms with Crippen molar-refractivity contribution in [2.24, 2.45) is 7.05 Å². The molecule has 18 heavy (non-hydrogen) atoms. The van der Waals surface area contributed by atoms with Gasteiger partial charge in [0.2, 0.25) is 5.88 Å². The van der Waals surface area contributed by atoms with Gasteiger partial charge in [-0.2, -0.15) is 5.10 Å². The van der Waals surface area contributed by atoms with E-state index in [0.29, 0.717) is 5.88 Å². The Morgan fingerprint density at radius 1 is 1.17 bits per heavy atom. The van der Waals surface area contributed by atoms with Gasteiger partial charge in [-0.25, -0.2) is 9.97 Å². The lowest BCUT2D eigenvalue weighted by atomic mass is 10.3. The highest BCUT2D eigenvalue weighted by molar-refractivity contribution is 9.10. The molecule has 2 heterocycles. The zero-order valence-corrected chi connectivity index (χ0v) is 11.1. The molecule has 3 rings (SSSR count). The normalized spacial score (nSPS) is 10.8. The number of aryl methyl sites for hydroxylation is 1. The van der Waals surface area contributed by atoms with Crippen molar-refractivity contribution in [2.75, 3.05) is 0 Å². The first kappa shape index (κ1) is 11.2. The molecule has 3 aromatic rings. The van der Waals surface area contributed by atoms with Crippen molar-refractivity contribution in [3.63, 3.8) is 0 Å².